The molecule has 0 fully saturated rings. The Bertz CT molecular complexity index is 700. The van der Waals surface area contributed by atoms with Crippen LogP contribution in [0.5, 0.6) is 23.0 Å². The minimum atomic E-state index is 0.357. The Morgan fingerprint density at radius 2 is 1.20 bits per heavy atom. The van der Waals surface area contributed by atoms with Gasteiger partial charge in [-0.15, -0.1) is 0 Å². The van der Waals surface area contributed by atoms with Gasteiger partial charge in [0.1, 0.15) is 23.0 Å². The van der Waals surface area contributed by atoms with Crippen LogP contribution in [-0.4, -0.2) is 11.6 Å². The van der Waals surface area contributed by atoms with Crippen molar-refractivity contribution in [3.05, 3.63) is 46.5 Å². The van der Waals surface area contributed by atoms with Crippen LogP contribution >= 0.6 is 0 Å². The standard InChI is InChI=1S/C21H26O4/c1-5-14-9-18(10-15(6-2)20(14)23)25-19-11-16(7-3)21(24-13-22)17(8-4)12-19/h9-13,23H,5-8H2,1-4H3. The number of carbonyl (C=O) groups excluding carboxylic acids is 1. The molecule has 2 aromatic rings. The highest BCUT2D eigenvalue weighted by atomic mass is 16.5. The van der Waals surface area contributed by atoms with Crippen molar-refractivity contribution in [2.24, 2.45) is 0 Å². The molecule has 134 valence electrons. The van der Waals surface area contributed by atoms with E-state index in [1.807, 2.05) is 52.0 Å². The molecule has 0 saturated carbocycles. The number of aryl methyl sites for hydroxylation is 4. The summed E-state index contributed by atoms with van der Waals surface area (Å²) in [4.78, 5) is 10.8. The molecule has 0 bridgehead atoms. The molecule has 0 aliphatic carbocycles. The predicted molar refractivity (Wildman–Crippen MR) is 98.8 cm³/mol. The van der Waals surface area contributed by atoms with Gasteiger partial charge in [-0.25, -0.2) is 0 Å². The average molecular weight is 342 g/mol. The summed E-state index contributed by atoms with van der Waals surface area (Å²) in [6.45, 7) is 8.51. The van der Waals surface area contributed by atoms with Crippen LogP contribution in [0.15, 0.2) is 24.3 Å². The first-order valence-corrected chi connectivity index (χ1v) is 8.86. The highest BCUT2D eigenvalue weighted by Crippen LogP contribution is 2.35. The smallest absolute Gasteiger partial charge is 0.298 e. The number of phenolic OH excluding ortho intramolecular Hbond substituents is 1. The van der Waals surface area contributed by atoms with Crippen LogP contribution in [0.4, 0.5) is 0 Å². The van der Waals surface area contributed by atoms with Crippen LogP contribution < -0.4 is 9.47 Å². The molecule has 0 amide bonds. The maximum Gasteiger partial charge on any atom is 0.298 e. The number of ether oxygens (including phenoxy) is 2. The van der Waals surface area contributed by atoms with Crippen molar-refractivity contribution < 1.29 is 19.4 Å². The van der Waals surface area contributed by atoms with Crippen molar-refractivity contribution in [3.63, 3.8) is 0 Å². The molecule has 4 nitrogen and oxygen atoms in total. The van der Waals surface area contributed by atoms with E-state index in [0.717, 1.165) is 47.9 Å². The van der Waals surface area contributed by atoms with E-state index in [0.29, 0.717) is 29.5 Å². The summed E-state index contributed by atoms with van der Waals surface area (Å²) < 4.78 is 11.3. The molecule has 25 heavy (non-hydrogen) atoms. The molecule has 0 heterocycles. The SMILES string of the molecule is CCc1cc(Oc2cc(CC)c(OC=O)c(CC)c2)cc(CC)c1O. The van der Waals surface area contributed by atoms with Crippen LogP contribution in [0.2, 0.25) is 0 Å². The monoisotopic (exact) mass is 342 g/mol. The van der Waals surface area contributed by atoms with Crippen LogP contribution in [0, 0.1) is 0 Å². The fourth-order valence-electron chi connectivity index (χ4n) is 2.97. The van der Waals surface area contributed by atoms with Gasteiger partial charge in [-0.05, 0) is 72.2 Å². The number of phenols is 1. The third-order valence-electron chi connectivity index (χ3n) is 4.38. The third-order valence-corrected chi connectivity index (χ3v) is 4.38. The van der Waals surface area contributed by atoms with Gasteiger partial charge in [0.05, 0.1) is 0 Å². The molecular formula is C21H26O4. The van der Waals surface area contributed by atoms with Crippen LogP contribution in [0.3, 0.4) is 0 Å². The molecule has 0 aliphatic heterocycles. The first-order chi connectivity index (χ1) is 12.1. The minimum absolute atomic E-state index is 0.357. The fraction of sp³-hybridized carbons (Fsp3) is 0.381. The number of benzene rings is 2. The number of rotatable bonds is 8. The second-order valence-corrected chi connectivity index (χ2v) is 5.89. The Balaban J connectivity index is 2.45. The van der Waals surface area contributed by atoms with Crippen LogP contribution in [0.1, 0.15) is 49.9 Å². The zero-order chi connectivity index (χ0) is 18.4. The van der Waals surface area contributed by atoms with E-state index in [9.17, 15) is 9.90 Å². The average Bonchev–Trinajstić information content (AvgIpc) is 2.63. The van der Waals surface area contributed by atoms with Crippen molar-refractivity contribution in [1.29, 1.82) is 0 Å². The van der Waals surface area contributed by atoms with Crippen molar-refractivity contribution in [1.82, 2.24) is 0 Å². The van der Waals surface area contributed by atoms with E-state index in [-0.39, 0.29) is 0 Å². The predicted octanol–water partition coefficient (Wildman–Crippen LogP) is 4.97. The Morgan fingerprint density at radius 3 is 1.56 bits per heavy atom. The van der Waals surface area contributed by atoms with E-state index < -0.39 is 0 Å². The van der Waals surface area contributed by atoms with Gasteiger partial charge in [0, 0.05) is 0 Å². The fourth-order valence-corrected chi connectivity index (χ4v) is 2.97. The van der Waals surface area contributed by atoms with Gasteiger partial charge < -0.3 is 14.6 Å². The van der Waals surface area contributed by atoms with Gasteiger partial charge >= 0.3 is 0 Å². The minimum Gasteiger partial charge on any atom is -0.507 e. The summed E-state index contributed by atoms with van der Waals surface area (Å²) in [6.07, 6.45) is 2.96. The van der Waals surface area contributed by atoms with Gasteiger partial charge in [0.2, 0.25) is 0 Å². The largest absolute Gasteiger partial charge is 0.507 e. The molecule has 2 aromatic carbocycles. The first-order valence-electron chi connectivity index (χ1n) is 8.86. The molecule has 0 spiro atoms. The second kappa shape index (κ2) is 8.56. The van der Waals surface area contributed by atoms with Gasteiger partial charge in [-0.1, -0.05) is 27.7 Å². The summed E-state index contributed by atoms with van der Waals surface area (Å²) in [6, 6.07) is 7.56. The lowest BCUT2D eigenvalue weighted by atomic mass is 10.0. The lowest BCUT2D eigenvalue weighted by molar-refractivity contribution is -0.120. The number of aromatic hydroxyl groups is 1. The van der Waals surface area contributed by atoms with Gasteiger partial charge in [0.15, 0.2) is 0 Å². The number of carbonyl (C=O) groups is 1. The maximum atomic E-state index is 10.8. The molecule has 0 saturated heterocycles. The summed E-state index contributed by atoms with van der Waals surface area (Å²) in [7, 11) is 0. The molecule has 0 atom stereocenters. The Hall–Kier alpha value is -2.49. The molecule has 4 heteroatoms. The Kier molecular flexibility index (Phi) is 6.45. The number of hydrogen-bond acceptors (Lipinski definition) is 4. The molecular weight excluding hydrogens is 316 g/mol. The van der Waals surface area contributed by atoms with Crippen LogP contribution in [-0.2, 0) is 30.5 Å². The normalized spacial score (nSPS) is 10.6. The highest BCUT2D eigenvalue weighted by Gasteiger charge is 2.13. The van der Waals surface area contributed by atoms with E-state index in [1.165, 1.54) is 0 Å². The molecule has 0 unspecified atom stereocenters. The van der Waals surface area contributed by atoms with E-state index in [1.54, 1.807) is 0 Å². The summed E-state index contributed by atoms with van der Waals surface area (Å²) >= 11 is 0. The second-order valence-electron chi connectivity index (χ2n) is 5.89. The van der Waals surface area contributed by atoms with E-state index in [4.69, 9.17) is 9.47 Å². The Labute approximate surface area is 149 Å². The van der Waals surface area contributed by atoms with Crippen molar-refractivity contribution in [3.8, 4) is 23.0 Å². The quantitative estimate of drug-likeness (QED) is 0.688. The first kappa shape index (κ1) is 18.8. The molecule has 0 radical (unpaired) electrons. The highest BCUT2D eigenvalue weighted by molar-refractivity contribution is 5.55. The molecule has 0 aliphatic rings. The maximum absolute atomic E-state index is 10.8. The molecule has 2 rings (SSSR count). The van der Waals surface area contributed by atoms with Crippen molar-refractivity contribution in [2.75, 3.05) is 0 Å². The van der Waals surface area contributed by atoms with E-state index >= 15 is 0 Å². The summed E-state index contributed by atoms with van der Waals surface area (Å²) in [5.41, 5.74) is 3.63. The van der Waals surface area contributed by atoms with Crippen LogP contribution in [0.25, 0.3) is 0 Å². The van der Waals surface area contributed by atoms with E-state index in [2.05, 4.69) is 0 Å². The van der Waals surface area contributed by atoms with Crippen molar-refractivity contribution >= 4 is 6.47 Å². The third kappa shape index (κ3) is 4.13. The molecule has 0 aromatic heterocycles. The zero-order valence-electron chi connectivity index (χ0n) is 15.4. The molecule has 1 N–H and O–H groups in total. The topological polar surface area (TPSA) is 55.8 Å². The number of hydrogen-bond donors (Lipinski definition) is 1. The summed E-state index contributed by atoms with van der Waals surface area (Å²) in [5.74, 6) is 2.40. The Morgan fingerprint density at radius 1 is 0.800 bits per heavy atom. The van der Waals surface area contributed by atoms with Gasteiger partial charge in [-0.3, -0.25) is 4.79 Å². The van der Waals surface area contributed by atoms with Crippen molar-refractivity contribution in [2.45, 2.75) is 53.4 Å². The zero-order valence-corrected chi connectivity index (χ0v) is 15.4. The lowest BCUT2D eigenvalue weighted by Crippen LogP contribution is -2.00. The van der Waals surface area contributed by atoms with Gasteiger partial charge in [-0.2, -0.15) is 0 Å². The summed E-state index contributed by atoms with van der Waals surface area (Å²) in [5, 5.41) is 10.2. The van der Waals surface area contributed by atoms with Gasteiger partial charge in [0.25, 0.3) is 6.47 Å². The lowest BCUT2D eigenvalue weighted by Gasteiger charge is -2.16.